The summed E-state index contributed by atoms with van der Waals surface area (Å²) in [4.78, 5) is 0. The third kappa shape index (κ3) is 1.32. The van der Waals surface area contributed by atoms with Gasteiger partial charge in [-0.1, -0.05) is 0 Å². The Morgan fingerprint density at radius 1 is 1.31 bits per heavy atom. The number of halogens is 3. The van der Waals surface area contributed by atoms with Crippen molar-refractivity contribution < 1.29 is 8.78 Å². The largest absolute Gasteiger partial charge is 0.207 e. The quantitative estimate of drug-likeness (QED) is 0.637. The van der Waals surface area contributed by atoms with Gasteiger partial charge < -0.3 is 0 Å². The van der Waals surface area contributed by atoms with Crippen LogP contribution in [-0.4, -0.2) is 0 Å². The Hall–Kier alpha value is -0.670. The van der Waals surface area contributed by atoms with Crippen LogP contribution in [0.15, 0.2) is 17.5 Å². The summed E-state index contributed by atoms with van der Waals surface area (Å²) in [6, 6.07) is 2.57. The molecule has 4 heteroatoms. The van der Waals surface area contributed by atoms with E-state index in [4.69, 9.17) is 11.6 Å². The Balaban J connectivity index is 2.88. The maximum atomic E-state index is 13.1. The Bertz CT molecular complexity index is 450. The number of hydrogen-bond donors (Lipinski definition) is 0. The van der Waals surface area contributed by atoms with Crippen LogP contribution < -0.4 is 0 Å². The predicted molar refractivity (Wildman–Crippen MR) is 51.3 cm³/mol. The first-order valence-electron chi connectivity index (χ1n) is 3.64. The van der Waals surface area contributed by atoms with E-state index >= 15 is 0 Å². The van der Waals surface area contributed by atoms with Gasteiger partial charge >= 0.3 is 0 Å². The molecule has 0 N–H and O–H groups in total. The van der Waals surface area contributed by atoms with E-state index in [0.717, 1.165) is 6.07 Å². The summed E-state index contributed by atoms with van der Waals surface area (Å²) in [7, 11) is 0. The first kappa shape index (κ1) is 8.91. The molecule has 0 aliphatic heterocycles. The zero-order chi connectivity index (χ0) is 9.42. The summed E-state index contributed by atoms with van der Waals surface area (Å²) in [5, 5.41) is 2.31. The molecule has 2 aromatic rings. The average Bonchev–Trinajstić information content (AvgIpc) is 2.53. The molecule has 0 amide bonds. The van der Waals surface area contributed by atoms with Crippen molar-refractivity contribution in [3.05, 3.63) is 34.7 Å². The molecule has 1 aromatic carbocycles. The number of rotatable bonds is 1. The van der Waals surface area contributed by atoms with E-state index in [1.165, 1.54) is 11.3 Å². The fourth-order valence-electron chi connectivity index (χ4n) is 1.26. The second-order valence-corrected chi connectivity index (χ2v) is 3.80. The van der Waals surface area contributed by atoms with Crippen LogP contribution in [-0.2, 0) is 5.88 Å². The standard InChI is InChI=1S/C9H5ClF2S/c10-4-6-5-1-2-13-9(5)8(12)3-7(6)11/h1-3H,4H2. The van der Waals surface area contributed by atoms with Crippen LogP contribution >= 0.6 is 22.9 Å². The van der Waals surface area contributed by atoms with Crippen molar-refractivity contribution in [3.8, 4) is 0 Å². The molecule has 0 atom stereocenters. The molecule has 0 saturated heterocycles. The van der Waals surface area contributed by atoms with Crippen molar-refractivity contribution in [2.75, 3.05) is 0 Å². The van der Waals surface area contributed by atoms with Crippen molar-refractivity contribution in [2.24, 2.45) is 0 Å². The number of hydrogen-bond acceptors (Lipinski definition) is 1. The van der Waals surface area contributed by atoms with Crippen molar-refractivity contribution in [3.63, 3.8) is 0 Å². The zero-order valence-electron chi connectivity index (χ0n) is 6.48. The minimum atomic E-state index is -0.571. The maximum Gasteiger partial charge on any atom is 0.143 e. The van der Waals surface area contributed by atoms with E-state index in [-0.39, 0.29) is 5.88 Å². The highest BCUT2D eigenvalue weighted by atomic mass is 35.5. The molecule has 0 radical (unpaired) electrons. The van der Waals surface area contributed by atoms with Crippen LogP contribution in [0.1, 0.15) is 5.56 Å². The number of thiophene rings is 1. The van der Waals surface area contributed by atoms with E-state index in [2.05, 4.69) is 0 Å². The second-order valence-electron chi connectivity index (χ2n) is 2.62. The summed E-state index contributed by atoms with van der Waals surface area (Å²) in [6.07, 6.45) is 0. The summed E-state index contributed by atoms with van der Waals surface area (Å²) < 4.78 is 26.7. The molecular weight excluding hydrogens is 214 g/mol. The van der Waals surface area contributed by atoms with Gasteiger partial charge in [-0.25, -0.2) is 8.78 Å². The van der Waals surface area contributed by atoms with Crippen molar-refractivity contribution in [1.82, 2.24) is 0 Å². The minimum Gasteiger partial charge on any atom is -0.207 e. The number of alkyl halides is 1. The molecule has 0 aliphatic carbocycles. The van der Waals surface area contributed by atoms with Gasteiger partial charge in [0.05, 0.1) is 10.6 Å². The molecule has 13 heavy (non-hydrogen) atoms. The molecule has 1 aromatic heterocycles. The lowest BCUT2D eigenvalue weighted by Crippen LogP contribution is -1.89. The van der Waals surface area contributed by atoms with Crippen molar-refractivity contribution >= 4 is 33.0 Å². The molecule has 68 valence electrons. The normalized spacial score (nSPS) is 11.0. The Labute approximate surface area is 82.8 Å². The van der Waals surface area contributed by atoms with Gasteiger partial charge in [0.1, 0.15) is 11.6 Å². The molecular formula is C9H5ClF2S. The summed E-state index contributed by atoms with van der Waals surface area (Å²) in [5.74, 6) is -1.02. The van der Waals surface area contributed by atoms with E-state index < -0.39 is 11.6 Å². The lowest BCUT2D eigenvalue weighted by Gasteiger charge is -2.01. The first-order chi connectivity index (χ1) is 6.24. The fourth-order valence-corrected chi connectivity index (χ4v) is 2.36. The van der Waals surface area contributed by atoms with E-state index in [0.29, 0.717) is 15.6 Å². The highest BCUT2D eigenvalue weighted by Crippen LogP contribution is 2.29. The van der Waals surface area contributed by atoms with Crippen LogP contribution in [0.4, 0.5) is 8.78 Å². The third-order valence-electron chi connectivity index (χ3n) is 1.88. The molecule has 1 heterocycles. The first-order valence-corrected chi connectivity index (χ1v) is 5.05. The SMILES string of the molecule is Fc1cc(F)c2sccc2c1CCl. The zero-order valence-corrected chi connectivity index (χ0v) is 8.05. The number of fused-ring (bicyclic) bond motifs is 1. The van der Waals surface area contributed by atoms with Crippen molar-refractivity contribution in [1.29, 1.82) is 0 Å². The Morgan fingerprint density at radius 2 is 2.08 bits per heavy atom. The molecule has 0 nitrogen and oxygen atoms in total. The van der Waals surface area contributed by atoms with Gasteiger partial charge in [-0.3, -0.25) is 0 Å². The third-order valence-corrected chi connectivity index (χ3v) is 3.07. The van der Waals surface area contributed by atoms with Gasteiger partial charge in [-0.2, -0.15) is 0 Å². The van der Waals surface area contributed by atoms with Gasteiger partial charge in [0, 0.05) is 17.0 Å². The fraction of sp³-hybridized carbons (Fsp3) is 0.111. The minimum absolute atomic E-state index is 0.0688. The Morgan fingerprint density at radius 3 is 2.77 bits per heavy atom. The molecule has 0 saturated carbocycles. The molecule has 0 bridgehead atoms. The van der Waals surface area contributed by atoms with E-state index in [1.54, 1.807) is 11.4 Å². The molecule has 2 rings (SSSR count). The lowest BCUT2D eigenvalue weighted by molar-refractivity contribution is 0.586. The van der Waals surface area contributed by atoms with Gasteiger partial charge in [0.25, 0.3) is 0 Å². The van der Waals surface area contributed by atoms with Crippen LogP contribution in [0.3, 0.4) is 0 Å². The van der Waals surface area contributed by atoms with Crippen LogP contribution in [0, 0.1) is 11.6 Å². The van der Waals surface area contributed by atoms with Crippen LogP contribution in [0.25, 0.3) is 10.1 Å². The topological polar surface area (TPSA) is 0 Å². The predicted octanol–water partition coefficient (Wildman–Crippen LogP) is 3.92. The van der Waals surface area contributed by atoms with Crippen LogP contribution in [0.5, 0.6) is 0 Å². The summed E-state index contributed by atoms with van der Waals surface area (Å²) in [6.45, 7) is 0. The van der Waals surface area contributed by atoms with E-state index in [9.17, 15) is 8.78 Å². The van der Waals surface area contributed by atoms with Gasteiger partial charge in [0.2, 0.25) is 0 Å². The molecule has 0 unspecified atom stereocenters. The highest BCUT2D eigenvalue weighted by Gasteiger charge is 2.11. The number of benzene rings is 1. The Kier molecular flexibility index (Phi) is 2.22. The highest BCUT2D eigenvalue weighted by molar-refractivity contribution is 7.17. The monoisotopic (exact) mass is 218 g/mol. The maximum absolute atomic E-state index is 13.1. The van der Waals surface area contributed by atoms with Gasteiger partial charge in [-0.05, 0) is 11.4 Å². The molecule has 0 fully saturated rings. The van der Waals surface area contributed by atoms with E-state index in [1.807, 2.05) is 0 Å². The second kappa shape index (κ2) is 3.24. The van der Waals surface area contributed by atoms with Crippen LogP contribution in [0.2, 0.25) is 0 Å². The molecule has 0 aliphatic rings. The smallest absolute Gasteiger partial charge is 0.143 e. The van der Waals surface area contributed by atoms with Gasteiger partial charge in [-0.15, -0.1) is 22.9 Å². The summed E-state index contributed by atoms with van der Waals surface area (Å²) >= 11 is 6.81. The van der Waals surface area contributed by atoms with Gasteiger partial charge in [0.15, 0.2) is 0 Å². The lowest BCUT2D eigenvalue weighted by atomic mass is 10.1. The average molecular weight is 219 g/mol. The molecule has 0 spiro atoms. The van der Waals surface area contributed by atoms with Crippen molar-refractivity contribution in [2.45, 2.75) is 5.88 Å². The summed E-state index contributed by atoms with van der Waals surface area (Å²) in [5.41, 5.74) is 0.374.